The molecule has 4 heterocycles. The highest BCUT2D eigenvalue weighted by Gasteiger charge is 2.54. The van der Waals surface area contributed by atoms with Crippen molar-refractivity contribution < 1.29 is 55.7 Å². The maximum atomic E-state index is 12.7. The predicted octanol–water partition coefficient (Wildman–Crippen LogP) is 3.12. The summed E-state index contributed by atoms with van der Waals surface area (Å²) in [5, 5.41) is 2.01. The van der Waals surface area contributed by atoms with E-state index in [-0.39, 0.29) is 11.5 Å². The first kappa shape index (κ1) is 31.9. The van der Waals surface area contributed by atoms with Crippen LogP contribution in [0.5, 0.6) is 0 Å². The van der Waals surface area contributed by atoms with E-state index < -0.39 is 60.8 Å². The molecular weight excluding hydrogens is 657 g/mol. The minimum absolute atomic E-state index is 0.0680. The molecule has 18 nitrogen and oxygen atoms in total. The van der Waals surface area contributed by atoms with Crippen LogP contribution in [0.25, 0.3) is 11.2 Å². The molecule has 2 aromatic heterocycles. The van der Waals surface area contributed by atoms with Crippen molar-refractivity contribution in [2.45, 2.75) is 37.3 Å². The van der Waals surface area contributed by atoms with E-state index in [4.69, 9.17) is 24.5 Å². The van der Waals surface area contributed by atoms with Gasteiger partial charge in [0.2, 0.25) is 0 Å². The molecular formula is C24H27N6O12P3. The van der Waals surface area contributed by atoms with Crippen molar-refractivity contribution in [1.82, 2.24) is 19.5 Å². The standard InChI is InChI=1S/C24H27N6O12P3/c25-22-19-23(27-13-26-22)30(14-28-19)24-21-20(39-18(40-21)11-15-7-3-1-4-8-15)17(38-24)12-37-44(33,34)42-45(35,36)41-43(31,32)29-16-9-5-2-6-10-16/h1-10,13-14,17-18,20-21,24H,11-12H2,(H,33,34)(H,35,36)(H2,25,26,27)(H2,29,31,32)/t17-,18?,20+,21?,24-/m1/s1. The first-order valence-electron chi connectivity index (χ1n) is 13.2. The zero-order valence-corrected chi connectivity index (χ0v) is 25.6. The molecule has 0 radical (unpaired) electrons. The topological polar surface area (TPSA) is 249 Å². The van der Waals surface area contributed by atoms with E-state index in [1.54, 1.807) is 10.6 Å². The maximum Gasteiger partial charge on any atom is 0.489 e. The summed E-state index contributed by atoms with van der Waals surface area (Å²) in [7, 11) is -16.1. The fraction of sp³-hybridized carbons (Fsp3) is 0.292. The van der Waals surface area contributed by atoms with Gasteiger partial charge < -0.3 is 34.6 Å². The van der Waals surface area contributed by atoms with Crippen LogP contribution in [0.1, 0.15) is 11.8 Å². The van der Waals surface area contributed by atoms with Gasteiger partial charge >= 0.3 is 23.4 Å². The Labute approximate surface area is 254 Å². The van der Waals surface area contributed by atoms with Gasteiger partial charge in [0.05, 0.1) is 12.9 Å². The lowest BCUT2D eigenvalue weighted by molar-refractivity contribution is -0.149. The van der Waals surface area contributed by atoms with E-state index in [1.807, 2.05) is 35.4 Å². The van der Waals surface area contributed by atoms with Crippen LogP contribution >= 0.6 is 23.4 Å². The highest BCUT2D eigenvalue weighted by atomic mass is 31.3. The second kappa shape index (κ2) is 12.6. The van der Waals surface area contributed by atoms with Gasteiger partial charge in [-0.15, -0.1) is 0 Å². The molecule has 5 unspecified atom stereocenters. The zero-order valence-electron chi connectivity index (χ0n) is 23.0. The molecule has 2 aromatic carbocycles. The molecule has 0 spiro atoms. The van der Waals surface area contributed by atoms with Crippen LogP contribution in [0, 0.1) is 0 Å². The van der Waals surface area contributed by atoms with Crippen molar-refractivity contribution in [3.05, 3.63) is 78.9 Å². The number of aromatic nitrogens is 4. The summed E-state index contributed by atoms with van der Waals surface area (Å²) in [5.74, 6) is 0.138. The molecule has 21 heteroatoms. The van der Waals surface area contributed by atoms with E-state index in [1.165, 1.54) is 36.9 Å². The smallest absolute Gasteiger partial charge is 0.382 e. The number of ether oxygens (including phenoxy) is 3. The van der Waals surface area contributed by atoms with Crippen LogP contribution in [-0.2, 0) is 47.5 Å². The number of nitrogen functional groups attached to an aromatic ring is 1. The summed E-state index contributed by atoms with van der Waals surface area (Å²) >= 11 is 0. The number of imidazole rings is 1. The van der Waals surface area contributed by atoms with Crippen molar-refractivity contribution >= 4 is 46.1 Å². The number of nitrogens with two attached hydrogens (primary N) is 1. The lowest BCUT2D eigenvalue weighted by atomic mass is 10.1. The van der Waals surface area contributed by atoms with Gasteiger partial charge in [-0.25, -0.2) is 28.6 Å². The number of hydrogen-bond donors (Lipinski definition) is 5. The van der Waals surface area contributed by atoms with Crippen LogP contribution in [0.4, 0.5) is 11.5 Å². The molecule has 2 fully saturated rings. The zero-order chi connectivity index (χ0) is 31.8. The number of rotatable bonds is 12. The van der Waals surface area contributed by atoms with Gasteiger partial charge in [0, 0.05) is 12.1 Å². The Morgan fingerprint density at radius 3 is 2.29 bits per heavy atom. The Hall–Kier alpha value is -3.08. The molecule has 240 valence electrons. The number of anilines is 2. The van der Waals surface area contributed by atoms with Crippen LogP contribution in [0.3, 0.4) is 0 Å². The third-order valence-electron chi connectivity index (χ3n) is 6.68. The van der Waals surface area contributed by atoms with E-state index in [9.17, 15) is 28.4 Å². The molecule has 0 saturated carbocycles. The van der Waals surface area contributed by atoms with Gasteiger partial charge in [0.1, 0.15) is 30.2 Å². The van der Waals surface area contributed by atoms with E-state index in [0.717, 1.165) is 5.56 Å². The third-order valence-corrected chi connectivity index (χ3v) is 11.1. The van der Waals surface area contributed by atoms with Crippen LogP contribution < -0.4 is 10.8 Å². The quantitative estimate of drug-likeness (QED) is 0.134. The monoisotopic (exact) mass is 684 g/mol. The number of phosphoric acid groups is 2. The van der Waals surface area contributed by atoms with Crippen molar-refractivity contribution in [3.63, 3.8) is 0 Å². The summed E-state index contributed by atoms with van der Waals surface area (Å²) in [4.78, 5) is 42.6. The van der Waals surface area contributed by atoms with E-state index in [2.05, 4.69) is 23.6 Å². The first-order valence-corrected chi connectivity index (χ1v) is 17.8. The molecule has 0 amide bonds. The molecule has 0 aliphatic carbocycles. The molecule has 6 N–H and O–H groups in total. The Morgan fingerprint density at radius 1 is 0.867 bits per heavy atom. The number of nitrogens with zero attached hydrogens (tertiary/aromatic N) is 4. The number of phosphoric ester groups is 1. The Balaban J connectivity index is 1.16. The largest absolute Gasteiger partial charge is 0.489 e. The van der Waals surface area contributed by atoms with Gasteiger partial charge in [0.15, 0.2) is 24.0 Å². The van der Waals surface area contributed by atoms with Crippen LogP contribution in [-0.4, -0.2) is 65.4 Å². The van der Waals surface area contributed by atoms with Gasteiger partial charge in [-0.05, 0) is 17.7 Å². The van der Waals surface area contributed by atoms with E-state index >= 15 is 0 Å². The molecule has 2 aliphatic heterocycles. The third kappa shape index (κ3) is 7.50. The second-order valence-electron chi connectivity index (χ2n) is 9.86. The molecule has 45 heavy (non-hydrogen) atoms. The van der Waals surface area contributed by atoms with Gasteiger partial charge in [-0.3, -0.25) is 14.2 Å². The first-order chi connectivity index (χ1) is 21.4. The lowest BCUT2D eigenvalue weighted by Gasteiger charge is -2.22. The predicted molar refractivity (Wildman–Crippen MR) is 155 cm³/mol. The Morgan fingerprint density at radius 2 is 1.56 bits per heavy atom. The van der Waals surface area contributed by atoms with Crippen molar-refractivity contribution in [3.8, 4) is 0 Å². The van der Waals surface area contributed by atoms with Gasteiger partial charge in [-0.1, -0.05) is 48.5 Å². The maximum absolute atomic E-state index is 12.7. The minimum atomic E-state index is -5.64. The summed E-state index contributed by atoms with van der Waals surface area (Å²) in [5.41, 5.74) is 7.56. The summed E-state index contributed by atoms with van der Waals surface area (Å²) in [6, 6.07) is 16.8. The highest BCUT2D eigenvalue weighted by Crippen LogP contribution is 2.67. The fourth-order valence-corrected chi connectivity index (χ4v) is 8.60. The number of nitrogens with one attached hydrogen (secondary N) is 1. The Bertz CT molecular complexity index is 1800. The number of benzene rings is 2. The summed E-state index contributed by atoms with van der Waals surface area (Å²) in [6.07, 6.45) is -1.32. The normalized spacial score (nSPS) is 27.0. The highest BCUT2D eigenvalue weighted by molar-refractivity contribution is 7.68. The van der Waals surface area contributed by atoms with Crippen LogP contribution in [0.15, 0.2) is 73.3 Å². The molecule has 2 aliphatic rings. The number of fused-ring (bicyclic) bond motifs is 2. The molecule has 6 rings (SSSR count). The minimum Gasteiger partial charge on any atom is -0.382 e. The van der Waals surface area contributed by atoms with E-state index in [0.29, 0.717) is 17.6 Å². The summed E-state index contributed by atoms with van der Waals surface area (Å²) in [6.45, 7) is -0.699. The molecule has 4 aromatic rings. The fourth-order valence-electron chi connectivity index (χ4n) is 4.89. The second-order valence-corrected chi connectivity index (χ2v) is 14.6. The number of para-hydroxylation sites is 1. The molecule has 2 saturated heterocycles. The molecule has 0 bridgehead atoms. The Kier molecular flexibility index (Phi) is 8.93. The van der Waals surface area contributed by atoms with Crippen LogP contribution in [0.2, 0.25) is 0 Å². The average Bonchev–Trinajstić information content (AvgIpc) is 3.66. The lowest BCUT2D eigenvalue weighted by Crippen LogP contribution is -2.31. The van der Waals surface area contributed by atoms with Crippen molar-refractivity contribution in [2.24, 2.45) is 0 Å². The van der Waals surface area contributed by atoms with Gasteiger partial charge in [0.25, 0.3) is 0 Å². The van der Waals surface area contributed by atoms with Crippen molar-refractivity contribution in [1.29, 1.82) is 0 Å². The van der Waals surface area contributed by atoms with Crippen molar-refractivity contribution in [2.75, 3.05) is 17.4 Å². The summed E-state index contributed by atoms with van der Waals surface area (Å²) < 4.78 is 70.9. The number of hydrogen-bond acceptors (Lipinski definition) is 13. The SMILES string of the molecule is Nc1ncnc2c1ncn2[C@@H]1O[C@H](COP(=O)(O)OP(=O)(O)OP(=O)(O)Nc2ccccc2)[C@@H]2OC(Cc3ccccc3)OC21. The average molecular weight is 684 g/mol. The van der Waals surface area contributed by atoms with Gasteiger partial charge in [-0.2, -0.15) is 8.62 Å². The molecule has 8 atom stereocenters.